The molecule has 0 spiro atoms. The van der Waals surface area contributed by atoms with Crippen molar-refractivity contribution in [1.82, 2.24) is 0 Å². The molecule has 1 rings (SSSR count). The largest absolute Gasteiger partial charge is 0.524 e. The Balaban J connectivity index is 2.94. The van der Waals surface area contributed by atoms with Gasteiger partial charge in [0.05, 0.1) is 0 Å². The lowest BCUT2D eigenvalue weighted by Gasteiger charge is -2.09. The average Bonchev–Trinajstić information content (AvgIpc) is 2.02. The van der Waals surface area contributed by atoms with Crippen molar-refractivity contribution in [1.29, 1.82) is 0 Å². The first-order valence-electron chi connectivity index (χ1n) is 3.41. The fourth-order valence-corrected chi connectivity index (χ4v) is 1.83. The summed E-state index contributed by atoms with van der Waals surface area (Å²) < 4.78 is 15.0. The first kappa shape index (κ1) is 10.6. The minimum Gasteiger partial charge on any atom is -0.403 e. The number of phosphoric ester groups is 1. The molecule has 0 bridgehead atoms. The maximum Gasteiger partial charge on any atom is 0.524 e. The first-order valence-corrected chi connectivity index (χ1v) is 6.16. The van der Waals surface area contributed by atoms with E-state index in [2.05, 4.69) is 4.52 Å². The highest BCUT2D eigenvalue weighted by atomic mass is 32.2. The quantitative estimate of drug-likeness (QED) is 0.601. The molecule has 0 saturated carbocycles. The van der Waals surface area contributed by atoms with Crippen LogP contribution < -0.4 is 4.52 Å². The van der Waals surface area contributed by atoms with Crippen LogP contribution in [0.3, 0.4) is 0 Å². The predicted octanol–water partition coefficient (Wildman–Crippen LogP) is 1.88. The summed E-state index contributed by atoms with van der Waals surface area (Å²) in [5.74, 6) is 0.211. The van der Waals surface area contributed by atoms with Gasteiger partial charge in [-0.3, -0.25) is 9.79 Å². The molecule has 0 heterocycles. The van der Waals surface area contributed by atoms with Crippen molar-refractivity contribution in [2.24, 2.45) is 0 Å². The van der Waals surface area contributed by atoms with Gasteiger partial charge in [-0.05, 0) is 18.4 Å². The van der Waals surface area contributed by atoms with E-state index in [4.69, 9.17) is 9.79 Å². The maximum atomic E-state index is 10.5. The number of rotatable bonds is 3. The van der Waals surface area contributed by atoms with Gasteiger partial charge in [0.15, 0.2) is 0 Å². The van der Waals surface area contributed by atoms with Gasteiger partial charge in [0, 0.05) is 4.90 Å². The van der Waals surface area contributed by atoms with Crippen LogP contribution in [-0.4, -0.2) is 16.0 Å². The minimum atomic E-state index is -4.44. The summed E-state index contributed by atoms with van der Waals surface area (Å²) in [6.45, 7) is 0. The van der Waals surface area contributed by atoms with Gasteiger partial charge in [-0.15, -0.1) is 11.8 Å². The normalized spacial score (nSPS) is 11.3. The Labute approximate surface area is 80.2 Å². The van der Waals surface area contributed by atoms with Crippen molar-refractivity contribution in [2.75, 3.05) is 6.26 Å². The Morgan fingerprint density at radius 2 is 2.00 bits per heavy atom. The third-order valence-electron chi connectivity index (χ3n) is 1.29. The zero-order valence-electron chi connectivity index (χ0n) is 6.88. The van der Waals surface area contributed by atoms with Crippen LogP contribution >= 0.6 is 19.6 Å². The number of para-hydroxylation sites is 1. The second kappa shape index (κ2) is 4.15. The van der Waals surface area contributed by atoms with Crippen LogP contribution in [0.15, 0.2) is 29.2 Å². The van der Waals surface area contributed by atoms with E-state index in [9.17, 15) is 4.57 Å². The number of benzene rings is 1. The fraction of sp³-hybridized carbons (Fsp3) is 0.143. The molecular weight excluding hydrogens is 211 g/mol. The first-order chi connectivity index (χ1) is 6.03. The Morgan fingerprint density at radius 3 is 2.54 bits per heavy atom. The maximum absolute atomic E-state index is 10.5. The fourth-order valence-electron chi connectivity index (χ4n) is 0.822. The summed E-state index contributed by atoms with van der Waals surface area (Å²) in [6, 6.07) is 6.68. The van der Waals surface area contributed by atoms with Crippen LogP contribution in [0.25, 0.3) is 0 Å². The lowest BCUT2D eigenvalue weighted by molar-refractivity contribution is 0.281. The summed E-state index contributed by atoms with van der Waals surface area (Å²) in [7, 11) is -4.44. The van der Waals surface area contributed by atoms with E-state index in [0.717, 1.165) is 0 Å². The van der Waals surface area contributed by atoms with Gasteiger partial charge in [-0.2, -0.15) is 0 Å². The van der Waals surface area contributed by atoms with Crippen molar-refractivity contribution in [3.63, 3.8) is 0 Å². The molecule has 0 fully saturated rings. The standard InChI is InChI=1S/C7H9O4PS/c1-13-7-5-3-2-4-6(7)11-12(8,9)10/h2-5H,1H3,(H2,8,9,10). The van der Waals surface area contributed by atoms with E-state index in [1.165, 1.54) is 17.8 Å². The molecule has 2 N–H and O–H groups in total. The van der Waals surface area contributed by atoms with Crippen LogP contribution in [0, 0.1) is 0 Å². The zero-order valence-corrected chi connectivity index (χ0v) is 8.59. The van der Waals surface area contributed by atoms with Gasteiger partial charge in [0.1, 0.15) is 5.75 Å². The molecule has 0 aliphatic rings. The van der Waals surface area contributed by atoms with Gasteiger partial charge in [0.2, 0.25) is 0 Å². The summed E-state index contributed by atoms with van der Waals surface area (Å²) in [5, 5.41) is 0. The molecule has 6 heteroatoms. The van der Waals surface area contributed by atoms with E-state index in [1.54, 1.807) is 18.2 Å². The van der Waals surface area contributed by atoms with Crippen LogP contribution in [0.2, 0.25) is 0 Å². The molecular formula is C7H9O4PS. The van der Waals surface area contributed by atoms with Gasteiger partial charge in [-0.25, -0.2) is 4.57 Å². The van der Waals surface area contributed by atoms with Crippen LogP contribution in [0.1, 0.15) is 0 Å². The minimum absolute atomic E-state index is 0.211. The second-order valence-electron chi connectivity index (χ2n) is 2.23. The molecule has 0 amide bonds. The topological polar surface area (TPSA) is 66.8 Å². The highest BCUT2D eigenvalue weighted by Crippen LogP contribution is 2.41. The molecule has 0 aliphatic carbocycles. The third kappa shape index (κ3) is 3.40. The Kier molecular flexibility index (Phi) is 3.39. The summed E-state index contributed by atoms with van der Waals surface area (Å²) in [5.41, 5.74) is 0. The molecule has 72 valence electrons. The van der Waals surface area contributed by atoms with Gasteiger partial charge in [-0.1, -0.05) is 12.1 Å². The van der Waals surface area contributed by atoms with E-state index in [1.807, 2.05) is 6.26 Å². The highest BCUT2D eigenvalue weighted by molar-refractivity contribution is 7.98. The molecule has 1 aromatic carbocycles. The summed E-state index contributed by atoms with van der Waals surface area (Å²) >= 11 is 1.37. The smallest absolute Gasteiger partial charge is 0.403 e. The van der Waals surface area contributed by atoms with Crippen LogP contribution in [0.4, 0.5) is 0 Å². The van der Waals surface area contributed by atoms with Crippen molar-refractivity contribution >= 4 is 19.6 Å². The van der Waals surface area contributed by atoms with Crippen molar-refractivity contribution < 1.29 is 18.9 Å². The zero-order chi connectivity index (χ0) is 9.90. The van der Waals surface area contributed by atoms with Gasteiger partial charge in [0.25, 0.3) is 0 Å². The Bertz CT molecular complexity index is 335. The van der Waals surface area contributed by atoms with E-state index in [-0.39, 0.29) is 5.75 Å². The van der Waals surface area contributed by atoms with Crippen molar-refractivity contribution in [3.8, 4) is 5.75 Å². The average molecular weight is 220 g/mol. The number of phosphoric acid groups is 1. The SMILES string of the molecule is CSc1ccccc1OP(=O)(O)O. The second-order valence-corrected chi connectivity index (χ2v) is 4.24. The summed E-state index contributed by atoms with van der Waals surface area (Å²) in [6.07, 6.45) is 1.81. The molecule has 0 unspecified atom stereocenters. The molecule has 0 radical (unpaired) electrons. The lowest BCUT2D eigenvalue weighted by atomic mass is 10.3. The number of hydrogen-bond acceptors (Lipinski definition) is 3. The molecule has 0 atom stereocenters. The monoisotopic (exact) mass is 220 g/mol. The molecule has 0 aliphatic heterocycles. The molecule has 0 saturated heterocycles. The molecule has 13 heavy (non-hydrogen) atoms. The van der Waals surface area contributed by atoms with Gasteiger partial charge < -0.3 is 4.52 Å². The highest BCUT2D eigenvalue weighted by Gasteiger charge is 2.17. The van der Waals surface area contributed by atoms with E-state index < -0.39 is 7.82 Å². The Hall–Kier alpha value is -0.480. The predicted molar refractivity (Wildman–Crippen MR) is 50.9 cm³/mol. The van der Waals surface area contributed by atoms with Gasteiger partial charge >= 0.3 is 7.82 Å². The third-order valence-corrected chi connectivity index (χ3v) is 2.50. The lowest BCUT2D eigenvalue weighted by Crippen LogP contribution is -1.91. The number of thioether (sulfide) groups is 1. The van der Waals surface area contributed by atoms with Crippen molar-refractivity contribution in [2.45, 2.75) is 4.90 Å². The van der Waals surface area contributed by atoms with Crippen LogP contribution in [-0.2, 0) is 4.57 Å². The molecule has 0 aromatic heterocycles. The number of hydrogen-bond donors (Lipinski definition) is 2. The Morgan fingerprint density at radius 1 is 1.38 bits per heavy atom. The van der Waals surface area contributed by atoms with Crippen LogP contribution in [0.5, 0.6) is 5.75 Å². The molecule has 1 aromatic rings. The van der Waals surface area contributed by atoms with E-state index in [0.29, 0.717) is 4.90 Å². The summed E-state index contributed by atoms with van der Waals surface area (Å²) in [4.78, 5) is 17.8. The van der Waals surface area contributed by atoms with Crippen molar-refractivity contribution in [3.05, 3.63) is 24.3 Å². The molecule has 4 nitrogen and oxygen atoms in total. The van der Waals surface area contributed by atoms with E-state index >= 15 is 0 Å².